The Labute approximate surface area is 113 Å². The Morgan fingerprint density at radius 1 is 1.17 bits per heavy atom. The van der Waals surface area contributed by atoms with Gasteiger partial charge in [0.2, 0.25) is 0 Å². The van der Waals surface area contributed by atoms with Crippen LogP contribution in [0.3, 0.4) is 0 Å². The molecular formula is C15H20N2S. The summed E-state index contributed by atoms with van der Waals surface area (Å²) in [5, 5.41) is 5.67. The molecule has 0 radical (unpaired) electrons. The Bertz CT molecular complexity index is 460. The Morgan fingerprint density at radius 3 is 2.44 bits per heavy atom. The first-order valence-corrected chi connectivity index (χ1v) is 7.08. The van der Waals surface area contributed by atoms with Gasteiger partial charge < -0.3 is 10.2 Å². The highest BCUT2D eigenvalue weighted by Gasteiger charge is 2.05. The smallest absolute Gasteiger partial charge is 0.0361 e. The summed E-state index contributed by atoms with van der Waals surface area (Å²) < 4.78 is 0. The van der Waals surface area contributed by atoms with Gasteiger partial charge in [-0.15, -0.1) is 11.3 Å². The lowest BCUT2D eigenvalue weighted by atomic mass is 10.1. The highest BCUT2D eigenvalue weighted by Crippen LogP contribution is 2.18. The van der Waals surface area contributed by atoms with Crippen LogP contribution in [0.5, 0.6) is 0 Å². The fraction of sp³-hybridized carbons (Fsp3) is 0.333. The molecule has 0 saturated carbocycles. The average Bonchev–Trinajstić information content (AvgIpc) is 2.89. The van der Waals surface area contributed by atoms with Crippen molar-refractivity contribution in [3.05, 3.63) is 52.2 Å². The molecule has 1 aromatic heterocycles. The van der Waals surface area contributed by atoms with Gasteiger partial charge in [-0.05, 0) is 36.1 Å². The lowest BCUT2D eigenvalue weighted by Crippen LogP contribution is -2.17. The Balaban J connectivity index is 1.94. The predicted molar refractivity (Wildman–Crippen MR) is 80.3 cm³/mol. The molecule has 1 heterocycles. The van der Waals surface area contributed by atoms with Crippen molar-refractivity contribution in [3.63, 3.8) is 0 Å². The van der Waals surface area contributed by atoms with E-state index in [0.717, 1.165) is 6.54 Å². The minimum absolute atomic E-state index is 0.378. The maximum Gasteiger partial charge on any atom is 0.0361 e. The molecule has 0 amide bonds. The Kier molecular flexibility index (Phi) is 4.39. The summed E-state index contributed by atoms with van der Waals surface area (Å²) in [6.45, 7) is 3.15. The zero-order chi connectivity index (χ0) is 13.0. The molecule has 3 heteroatoms. The van der Waals surface area contributed by atoms with Crippen molar-refractivity contribution in [1.82, 2.24) is 5.32 Å². The molecule has 1 aromatic carbocycles. The topological polar surface area (TPSA) is 15.3 Å². The van der Waals surface area contributed by atoms with E-state index in [9.17, 15) is 0 Å². The fourth-order valence-electron chi connectivity index (χ4n) is 1.85. The normalized spacial score (nSPS) is 12.4. The quantitative estimate of drug-likeness (QED) is 0.882. The lowest BCUT2D eigenvalue weighted by Gasteiger charge is -2.16. The van der Waals surface area contributed by atoms with Crippen LogP contribution in [-0.2, 0) is 6.54 Å². The largest absolute Gasteiger partial charge is 0.378 e. The van der Waals surface area contributed by atoms with E-state index in [1.54, 1.807) is 11.3 Å². The second kappa shape index (κ2) is 6.03. The van der Waals surface area contributed by atoms with Crippen LogP contribution in [-0.4, -0.2) is 14.1 Å². The van der Waals surface area contributed by atoms with Crippen molar-refractivity contribution >= 4 is 17.0 Å². The van der Waals surface area contributed by atoms with Crippen LogP contribution in [0.4, 0.5) is 5.69 Å². The van der Waals surface area contributed by atoms with Gasteiger partial charge >= 0.3 is 0 Å². The van der Waals surface area contributed by atoms with Gasteiger partial charge in [0.1, 0.15) is 0 Å². The first-order valence-electron chi connectivity index (χ1n) is 6.20. The SMILES string of the molecule is CC(NCc1cccs1)c1ccc(N(C)C)cc1. The second-order valence-corrected chi connectivity index (χ2v) is 5.70. The molecule has 0 aliphatic carbocycles. The molecule has 1 N–H and O–H groups in total. The molecule has 0 fully saturated rings. The van der Waals surface area contributed by atoms with Crippen molar-refractivity contribution < 1.29 is 0 Å². The fourth-order valence-corrected chi connectivity index (χ4v) is 2.50. The molecule has 0 saturated heterocycles. The summed E-state index contributed by atoms with van der Waals surface area (Å²) in [6.07, 6.45) is 0. The number of hydrogen-bond acceptors (Lipinski definition) is 3. The number of rotatable bonds is 5. The maximum absolute atomic E-state index is 3.55. The molecular weight excluding hydrogens is 240 g/mol. The minimum Gasteiger partial charge on any atom is -0.378 e. The summed E-state index contributed by atoms with van der Waals surface area (Å²) in [4.78, 5) is 3.50. The molecule has 0 spiro atoms. The van der Waals surface area contributed by atoms with Crippen LogP contribution >= 0.6 is 11.3 Å². The highest BCUT2D eigenvalue weighted by molar-refractivity contribution is 7.09. The summed E-state index contributed by atoms with van der Waals surface area (Å²) >= 11 is 1.80. The Hall–Kier alpha value is -1.32. The number of anilines is 1. The zero-order valence-corrected chi connectivity index (χ0v) is 12.0. The third kappa shape index (κ3) is 3.34. The standard InChI is InChI=1S/C15H20N2S/c1-12(16-11-15-5-4-10-18-15)13-6-8-14(9-7-13)17(2)3/h4-10,12,16H,11H2,1-3H3. The van der Waals surface area contributed by atoms with Crippen LogP contribution in [0, 0.1) is 0 Å². The molecule has 0 bridgehead atoms. The van der Waals surface area contributed by atoms with E-state index in [1.807, 2.05) is 0 Å². The van der Waals surface area contributed by atoms with Gasteiger partial charge in [0.05, 0.1) is 0 Å². The molecule has 1 unspecified atom stereocenters. The predicted octanol–water partition coefficient (Wildman–Crippen LogP) is 3.66. The lowest BCUT2D eigenvalue weighted by molar-refractivity contribution is 0.579. The van der Waals surface area contributed by atoms with Crippen molar-refractivity contribution in [2.24, 2.45) is 0 Å². The van der Waals surface area contributed by atoms with Gasteiger partial charge in [-0.3, -0.25) is 0 Å². The summed E-state index contributed by atoms with van der Waals surface area (Å²) in [5.74, 6) is 0. The van der Waals surface area contributed by atoms with E-state index < -0.39 is 0 Å². The van der Waals surface area contributed by atoms with Gasteiger partial charge in [0.25, 0.3) is 0 Å². The van der Waals surface area contributed by atoms with E-state index >= 15 is 0 Å². The van der Waals surface area contributed by atoms with Crippen LogP contribution in [0.25, 0.3) is 0 Å². The molecule has 2 nitrogen and oxygen atoms in total. The molecule has 0 aliphatic rings. The van der Waals surface area contributed by atoms with Gasteiger partial charge in [-0.1, -0.05) is 18.2 Å². The van der Waals surface area contributed by atoms with Gasteiger partial charge in [0.15, 0.2) is 0 Å². The summed E-state index contributed by atoms with van der Waals surface area (Å²) in [7, 11) is 4.13. The Morgan fingerprint density at radius 2 is 1.89 bits per heavy atom. The van der Waals surface area contributed by atoms with Crippen molar-refractivity contribution in [2.75, 3.05) is 19.0 Å². The minimum atomic E-state index is 0.378. The number of thiophene rings is 1. The maximum atomic E-state index is 3.55. The van der Waals surface area contributed by atoms with Gasteiger partial charge in [-0.2, -0.15) is 0 Å². The third-order valence-corrected chi connectivity index (χ3v) is 3.95. The van der Waals surface area contributed by atoms with E-state index in [-0.39, 0.29) is 0 Å². The third-order valence-electron chi connectivity index (χ3n) is 3.07. The van der Waals surface area contributed by atoms with Crippen molar-refractivity contribution in [3.8, 4) is 0 Å². The summed E-state index contributed by atoms with van der Waals surface area (Å²) in [6, 6.07) is 13.4. The molecule has 1 atom stereocenters. The highest BCUT2D eigenvalue weighted by atomic mass is 32.1. The van der Waals surface area contributed by atoms with E-state index in [1.165, 1.54) is 16.1 Å². The molecule has 0 aliphatic heterocycles. The molecule has 18 heavy (non-hydrogen) atoms. The first kappa shape index (κ1) is 13.1. The number of nitrogens with one attached hydrogen (secondary N) is 1. The van der Waals surface area contributed by atoms with Gasteiger partial charge in [-0.25, -0.2) is 0 Å². The van der Waals surface area contributed by atoms with Crippen LogP contribution < -0.4 is 10.2 Å². The van der Waals surface area contributed by atoms with E-state index in [0.29, 0.717) is 6.04 Å². The molecule has 2 aromatic rings. The number of benzene rings is 1. The van der Waals surface area contributed by atoms with Crippen LogP contribution in [0.15, 0.2) is 41.8 Å². The van der Waals surface area contributed by atoms with Gasteiger partial charge in [0, 0.05) is 37.2 Å². The zero-order valence-electron chi connectivity index (χ0n) is 11.2. The number of hydrogen-bond donors (Lipinski definition) is 1. The molecule has 96 valence electrons. The monoisotopic (exact) mass is 260 g/mol. The van der Waals surface area contributed by atoms with E-state index in [4.69, 9.17) is 0 Å². The summed E-state index contributed by atoms with van der Waals surface area (Å²) in [5.41, 5.74) is 2.57. The average molecular weight is 260 g/mol. The van der Waals surface area contributed by atoms with Crippen LogP contribution in [0.1, 0.15) is 23.4 Å². The molecule has 2 rings (SSSR count). The second-order valence-electron chi connectivity index (χ2n) is 4.67. The van der Waals surface area contributed by atoms with Crippen LogP contribution in [0.2, 0.25) is 0 Å². The van der Waals surface area contributed by atoms with E-state index in [2.05, 4.69) is 73.0 Å². The number of nitrogens with zero attached hydrogens (tertiary/aromatic N) is 1. The first-order chi connectivity index (χ1) is 8.66. The van der Waals surface area contributed by atoms with Crippen molar-refractivity contribution in [2.45, 2.75) is 19.5 Å². The van der Waals surface area contributed by atoms with Crippen molar-refractivity contribution in [1.29, 1.82) is 0 Å².